The summed E-state index contributed by atoms with van der Waals surface area (Å²) in [6.45, 7) is 5.56. The van der Waals surface area contributed by atoms with Gasteiger partial charge >= 0.3 is 6.03 Å². The molecule has 11 heteroatoms. The zero-order valence-corrected chi connectivity index (χ0v) is 24.8. The molecular formula is C32H38N4O7. The van der Waals surface area contributed by atoms with Crippen LogP contribution < -0.4 is 29.6 Å². The van der Waals surface area contributed by atoms with E-state index in [9.17, 15) is 14.7 Å². The second kappa shape index (κ2) is 13.2. The quantitative estimate of drug-likeness (QED) is 0.335. The lowest BCUT2D eigenvalue weighted by Gasteiger charge is -2.38. The third kappa shape index (κ3) is 7.12. The van der Waals surface area contributed by atoms with E-state index in [0.717, 1.165) is 11.3 Å². The van der Waals surface area contributed by atoms with Gasteiger partial charge in [0.2, 0.25) is 6.79 Å². The minimum atomic E-state index is -0.481. The Morgan fingerprint density at radius 2 is 1.72 bits per heavy atom. The number of hydrogen-bond donors (Lipinski definition) is 3. The molecule has 0 saturated carbocycles. The minimum Gasteiger partial charge on any atom is -0.497 e. The zero-order valence-electron chi connectivity index (χ0n) is 24.8. The fourth-order valence-corrected chi connectivity index (χ4v) is 5.20. The number of hydrogen-bond acceptors (Lipinski definition) is 8. The average molecular weight is 591 g/mol. The van der Waals surface area contributed by atoms with Crippen LogP contribution in [0.4, 0.5) is 16.2 Å². The summed E-state index contributed by atoms with van der Waals surface area (Å²) in [6.07, 6.45) is -0.239. The number of amides is 3. The van der Waals surface area contributed by atoms with E-state index in [1.54, 1.807) is 48.4 Å². The fraction of sp³-hybridized carbons (Fsp3) is 0.375. The van der Waals surface area contributed by atoms with Crippen molar-refractivity contribution >= 4 is 23.3 Å². The summed E-state index contributed by atoms with van der Waals surface area (Å²) in [7, 11) is 3.68. The number of carbonyl (C=O) groups is 2. The summed E-state index contributed by atoms with van der Waals surface area (Å²) in [6, 6.07) is 17.2. The maximum atomic E-state index is 13.8. The van der Waals surface area contributed by atoms with Crippen LogP contribution in [0.5, 0.6) is 23.0 Å². The molecule has 11 nitrogen and oxygen atoms in total. The summed E-state index contributed by atoms with van der Waals surface area (Å²) in [4.78, 5) is 30.4. The van der Waals surface area contributed by atoms with Crippen molar-refractivity contribution in [2.45, 2.75) is 32.5 Å². The van der Waals surface area contributed by atoms with Crippen molar-refractivity contribution in [3.8, 4) is 23.0 Å². The maximum absolute atomic E-state index is 13.8. The van der Waals surface area contributed by atoms with E-state index in [1.165, 1.54) is 0 Å². The van der Waals surface area contributed by atoms with Crippen molar-refractivity contribution in [3.63, 3.8) is 0 Å². The third-order valence-corrected chi connectivity index (χ3v) is 7.66. The van der Waals surface area contributed by atoms with Crippen LogP contribution in [-0.4, -0.2) is 79.6 Å². The molecule has 0 spiro atoms. The summed E-state index contributed by atoms with van der Waals surface area (Å²) >= 11 is 0. The number of aliphatic hydroxyl groups excluding tert-OH is 1. The first-order valence-electron chi connectivity index (χ1n) is 14.3. The molecule has 0 unspecified atom stereocenters. The summed E-state index contributed by atoms with van der Waals surface area (Å²) in [5.74, 6) is 2.12. The highest BCUT2D eigenvalue weighted by atomic mass is 16.7. The van der Waals surface area contributed by atoms with E-state index in [2.05, 4.69) is 22.5 Å². The maximum Gasteiger partial charge on any atom is 0.323 e. The highest BCUT2D eigenvalue weighted by molar-refractivity contribution is 6.02. The lowest BCUT2D eigenvalue weighted by atomic mass is 9.99. The molecule has 3 amide bonds. The molecule has 0 bridgehead atoms. The molecule has 0 radical (unpaired) electrons. The standard InChI is InChI=1S/C32H38N4O7/c1-20-15-36(21(2)18-37)31(38)26-13-23(33-32(39)34-24-8-12-28-29(14-24)42-19-41-28)7-11-27(26)43-30(20)17-35(3)16-22-5-9-25(40-4)10-6-22/h5-14,20-21,30,37H,15-19H2,1-4H3,(H2,33,34,39)/t20-,21-,30-/m0/s1. The molecule has 3 atom stereocenters. The van der Waals surface area contributed by atoms with Gasteiger partial charge in [-0.25, -0.2) is 4.79 Å². The highest BCUT2D eigenvalue weighted by Gasteiger charge is 2.33. The van der Waals surface area contributed by atoms with Crippen molar-refractivity contribution in [2.24, 2.45) is 5.92 Å². The molecule has 2 aliphatic rings. The second-order valence-corrected chi connectivity index (χ2v) is 11.0. The first-order chi connectivity index (χ1) is 20.7. The third-order valence-electron chi connectivity index (χ3n) is 7.66. The van der Waals surface area contributed by atoms with Gasteiger partial charge < -0.3 is 39.6 Å². The Labute approximate surface area is 251 Å². The van der Waals surface area contributed by atoms with Crippen LogP contribution in [0.2, 0.25) is 0 Å². The number of carbonyl (C=O) groups excluding carboxylic acids is 2. The van der Waals surface area contributed by atoms with Crippen LogP contribution in [0.3, 0.4) is 0 Å². The predicted molar refractivity (Wildman–Crippen MR) is 162 cm³/mol. The number of ether oxygens (including phenoxy) is 4. The largest absolute Gasteiger partial charge is 0.497 e. The smallest absolute Gasteiger partial charge is 0.323 e. The van der Waals surface area contributed by atoms with Crippen molar-refractivity contribution in [2.75, 3.05) is 51.3 Å². The first kappa shape index (κ1) is 30.0. The normalized spacial score (nSPS) is 18.3. The van der Waals surface area contributed by atoms with Crippen LogP contribution in [0.1, 0.15) is 29.8 Å². The molecule has 0 aromatic heterocycles. The minimum absolute atomic E-state index is 0.0188. The van der Waals surface area contributed by atoms with Crippen LogP contribution in [0.15, 0.2) is 60.7 Å². The number of rotatable bonds is 9. The van der Waals surface area contributed by atoms with E-state index in [0.29, 0.717) is 53.8 Å². The highest BCUT2D eigenvalue weighted by Crippen LogP contribution is 2.34. The number of likely N-dealkylation sites (N-methyl/N-ethyl adjacent to an activating group) is 1. The molecule has 0 fully saturated rings. The second-order valence-electron chi connectivity index (χ2n) is 11.0. The van der Waals surface area contributed by atoms with Gasteiger partial charge in [0.05, 0.1) is 25.3 Å². The van der Waals surface area contributed by atoms with Crippen LogP contribution in [0.25, 0.3) is 0 Å². The Bertz CT molecular complexity index is 1450. The van der Waals surface area contributed by atoms with Crippen molar-refractivity contribution in [3.05, 3.63) is 71.8 Å². The van der Waals surface area contributed by atoms with Gasteiger partial charge in [-0.1, -0.05) is 19.1 Å². The lowest BCUT2D eigenvalue weighted by molar-refractivity contribution is 0.0341. The molecule has 3 N–H and O–H groups in total. The number of urea groups is 1. The number of methoxy groups -OCH3 is 1. The number of aliphatic hydroxyl groups is 1. The number of fused-ring (bicyclic) bond motifs is 2. The molecule has 2 heterocycles. The van der Waals surface area contributed by atoms with E-state index >= 15 is 0 Å². The Hall–Kier alpha value is -4.48. The summed E-state index contributed by atoms with van der Waals surface area (Å²) < 4.78 is 22.5. The van der Waals surface area contributed by atoms with Gasteiger partial charge in [0, 0.05) is 43.0 Å². The predicted octanol–water partition coefficient (Wildman–Crippen LogP) is 4.42. The number of nitrogens with zero attached hydrogens (tertiary/aromatic N) is 2. The molecule has 3 aromatic carbocycles. The Morgan fingerprint density at radius 1 is 1.05 bits per heavy atom. The number of anilines is 2. The topological polar surface area (TPSA) is 122 Å². The molecule has 0 saturated heterocycles. The van der Waals surface area contributed by atoms with Gasteiger partial charge in [-0.15, -0.1) is 0 Å². The number of nitrogens with one attached hydrogen (secondary N) is 2. The average Bonchev–Trinajstić information content (AvgIpc) is 3.47. The fourth-order valence-electron chi connectivity index (χ4n) is 5.20. The summed E-state index contributed by atoms with van der Waals surface area (Å²) in [5.41, 5.74) is 2.41. The molecule has 5 rings (SSSR count). The first-order valence-corrected chi connectivity index (χ1v) is 14.3. The van der Waals surface area contributed by atoms with Gasteiger partial charge in [0.1, 0.15) is 17.6 Å². The van der Waals surface area contributed by atoms with Crippen molar-refractivity contribution in [1.29, 1.82) is 0 Å². The van der Waals surface area contributed by atoms with Crippen LogP contribution >= 0.6 is 0 Å². The molecule has 0 aliphatic carbocycles. The van der Waals surface area contributed by atoms with E-state index in [4.69, 9.17) is 18.9 Å². The van der Waals surface area contributed by atoms with Gasteiger partial charge in [-0.05, 0) is 62.0 Å². The SMILES string of the molecule is COc1ccc(CN(C)C[C@@H]2Oc3ccc(NC(=O)Nc4ccc5c(c4)OCO5)cc3C(=O)N([C@@H](C)CO)C[C@@H]2C)cc1. The zero-order chi connectivity index (χ0) is 30.5. The van der Waals surface area contributed by atoms with Gasteiger partial charge in [0.15, 0.2) is 11.5 Å². The Balaban J connectivity index is 1.33. The van der Waals surface area contributed by atoms with E-state index in [1.807, 2.05) is 38.2 Å². The van der Waals surface area contributed by atoms with E-state index in [-0.39, 0.29) is 31.3 Å². The van der Waals surface area contributed by atoms with Crippen LogP contribution in [-0.2, 0) is 6.54 Å². The Morgan fingerprint density at radius 3 is 2.42 bits per heavy atom. The van der Waals surface area contributed by atoms with Crippen molar-refractivity contribution < 1.29 is 33.6 Å². The molecule has 228 valence electrons. The van der Waals surface area contributed by atoms with Crippen molar-refractivity contribution in [1.82, 2.24) is 9.80 Å². The van der Waals surface area contributed by atoms with Gasteiger partial charge in [-0.2, -0.15) is 0 Å². The molecule has 2 aliphatic heterocycles. The van der Waals surface area contributed by atoms with Gasteiger partial charge in [-0.3, -0.25) is 9.69 Å². The Kier molecular flexibility index (Phi) is 9.22. The molecule has 3 aromatic rings. The van der Waals surface area contributed by atoms with E-state index < -0.39 is 12.1 Å². The number of benzene rings is 3. The lowest BCUT2D eigenvalue weighted by Crippen LogP contribution is -2.49. The van der Waals surface area contributed by atoms with Gasteiger partial charge in [0.25, 0.3) is 5.91 Å². The summed E-state index contributed by atoms with van der Waals surface area (Å²) in [5, 5.41) is 15.5. The molecule has 43 heavy (non-hydrogen) atoms. The van der Waals surface area contributed by atoms with Crippen LogP contribution in [0, 0.1) is 5.92 Å². The monoisotopic (exact) mass is 590 g/mol. The molecular weight excluding hydrogens is 552 g/mol.